The summed E-state index contributed by atoms with van der Waals surface area (Å²) in [6.07, 6.45) is 1.07. The lowest BCUT2D eigenvalue weighted by Gasteiger charge is -2.32. The number of nitrogens with zero attached hydrogens (tertiary/aromatic N) is 3. The lowest BCUT2D eigenvalue weighted by molar-refractivity contribution is 0.263. The molecule has 3 rings (SSSR count). The first-order valence-electron chi connectivity index (χ1n) is 7.55. The van der Waals surface area contributed by atoms with Crippen LogP contribution < -0.4 is 5.32 Å². The number of thioether (sulfide) groups is 1. The van der Waals surface area contributed by atoms with Crippen molar-refractivity contribution >= 4 is 11.8 Å². The zero-order valence-corrected chi connectivity index (χ0v) is 13.5. The van der Waals surface area contributed by atoms with Crippen molar-refractivity contribution in [2.45, 2.75) is 38.8 Å². The lowest BCUT2D eigenvalue weighted by atomic mass is 9.97. The van der Waals surface area contributed by atoms with Crippen molar-refractivity contribution in [3.8, 4) is 0 Å². The Morgan fingerprint density at radius 3 is 2.95 bits per heavy atom. The van der Waals surface area contributed by atoms with Crippen LogP contribution in [0.5, 0.6) is 0 Å². The van der Waals surface area contributed by atoms with Gasteiger partial charge in [0.15, 0.2) is 0 Å². The molecule has 1 saturated heterocycles. The summed E-state index contributed by atoms with van der Waals surface area (Å²) in [5, 5.41) is 3.44. The van der Waals surface area contributed by atoms with Crippen LogP contribution >= 0.6 is 11.8 Å². The number of nitrogens with one attached hydrogen (secondary N) is 1. The minimum absolute atomic E-state index is 0.374. The maximum Gasteiger partial charge on any atom is 0.146 e. The van der Waals surface area contributed by atoms with Crippen LogP contribution in [0.25, 0.3) is 0 Å². The highest BCUT2D eigenvalue weighted by Gasteiger charge is 2.27. The van der Waals surface area contributed by atoms with Crippen LogP contribution in [0.1, 0.15) is 48.6 Å². The molecule has 2 aliphatic rings. The highest BCUT2D eigenvalue weighted by Crippen LogP contribution is 2.29. The molecule has 0 amide bonds. The van der Waals surface area contributed by atoms with E-state index in [0.717, 1.165) is 37.6 Å². The van der Waals surface area contributed by atoms with E-state index < -0.39 is 0 Å². The summed E-state index contributed by atoms with van der Waals surface area (Å²) in [5.41, 5.74) is 3.90. The summed E-state index contributed by atoms with van der Waals surface area (Å²) < 4.78 is 0. The Bertz CT molecular complexity index is 489. The fourth-order valence-electron chi connectivity index (χ4n) is 2.99. The molecule has 0 saturated carbocycles. The molecule has 0 radical (unpaired) electrons. The van der Waals surface area contributed by atoms with E-state index in [1.165, 1.54) is 22.7 Å². The first kappa shape index (κ1) is 14.3. The summed E-state index contributed by atoms with van der Waals surface area (Å²) in [7, 11) is 2.19. The largest absolute Gasteiger partial charge is 0.311 e. The van der Waals surface area contributed by atoms with Crippen molar-refractivity contribution in [3.05, 3.63) is 22.8 Å². The predicted molar refractivity (Wildman–Crippen MR) is 84.2 cm³/mol. The average molecular weight is 292 g/mol. The maximum atomic E-state index is 4.97. The molecule has 3 heterocycles. The number of hydrogen-bond donors (Lipinski definition) is 1. The standard InChI is InChI=1S/C15H24N4S/c1-10(2)14-11-4-5-16-8-12(11)17-15(18-14)13-9-20-7-6-19(13)3/h10,13,16H,4-9H2,1-3H3. The lowest BCUT2D eigenvalue weighted by Crippen LogP contribution is -2.35. The van der Waals surface area contributed by atoms with Crippen LogP contribution in [0, 0.1) is 0 Å². The van der Waals surface area contributed by atoms with Gasteiger partial charge in [0.2, 0.25) is 0 Å². The number of hydrogen-bond acceptors (Lipinski definition) is 5. The van der Waals surface area contributed by atoms with Gasteiger partial charge in [-0.2, -0.15) is 11.8 Å². The second-order valence-corrected chi connectivity index (χ2v) is 7.19. The summed E-state index contributed by atoms with van der Waals surface area (Å²) in [5.74, 6) is 3.84. The van der Waals surface area contributed by atoms with Crippen molar-refractivity contribution in [1.29, 1.82) is 0 Å². The summed E-state index contributed by atoms with van der Waals surface area (Å²) >= 11 is 2.02. The molecule has 2 aliphatic heterocycles. The maximum absolute atomic E-state index is 4.97. The minimum Gasteiger partial charge on any atom is -0.311 e. The molecule has 0 bridgehead atoms. The molecule has 0 aromatic carbocycles. The Morgan fingerprint density at radius 2 is 2.20 bits per heavy atom. The molecule has 0 spiro atoms. The van der Waals surface area contributed by atoms with E-state index in [4.69, 9.17) is 9.97 Å². The van der Waals surface area contributed by atoms with Gasteiger partial charge >= 0.3 is 0 Å². The van der Waals surface area contributed by atoms with Gasteiger partial charge in [0.1, 0.15) is 5.82 Å². The third kappa shape index (κ3) is 2.71. The van der Waals surface area contributed by atoms with Crippen LogP contribution in [-0.4, -0.2) is 46.5 Å². The zero-order valence-electron chi connectivity index (χ0n) is 12.6. The molecule has 20 heavy (non-hydrogen) atoms. The Hall–Kier alpha value is -0.650. The van der Waals surface area contributed by atoms with E-state index in [-0.39, 0.29) is 0 Å². The predicted octanol–water partition coefficient (Wildman–Crippen LogP) is 1.97. The average Bonchev–Trinajstić information content (AvgIpc) is 2.46. The topological polar surface area (TPSA) is 41.1 Å². The van der Waals surface area contributed by atoms with E-state index in [1.54, 1.807) is 0 Å². The van der Waals surface area contributed by atoms with Gasteiger partial charge in [-0.25, -0.2) is 9.97 Å². The highest BCUT2D eigenvalue weighted by atomic mass is 32.2. The number of fused-ring (bicyclic) bond motifs is 1. The quantitative estimate of drug-likeness (QED) is 0.902. The Morgan fingerprint density at radius 1 is 1.35 bits per heavy atom. The molecule has 4 nitrogen and oxygen atoms in total. The summed E-state index contributed by atoms with van der Waals surface area (Å²) in [6, 6.07) is 0.374. The van der Waals surface area contributed by atoms with E-state index in [2.05, 4.69) is 31.1 Å². The first-order valence-corrected chi connectivity index (χ1v) is 8.70. The Balaban J connectivity index is 2.01. The van der Waals surface area contributed by atoms with E-state index in [1.807, 2.05) is 11.8 Å². The van der Waals surface area contributed by atoms with Gasteiger partial charge in [0, 0.05) is 24.6 Å². The fraction of sp³-hybridized carbons (Fsp3) is 0.733. The van der Waals surface area contributed by atoms with Crippen LogP contribution in [0.2, 0.25) is 0 Å². The first-order chi connectivity index (χ1) is 9.66. The second kappa shape index (κ2) is 6.00. The van der Waals surface area contributed by atoms with Crippen molar-refractivity contribution in [2.24, 2.45) is 0 Å². The molecule has 1 unspecified atom stereocenters. The molecule has 0 aliphatic carbocycles. The van der Waals surface area contributed by atoms with Crippen LogP contribution in [-0.2, 0) is 13.0 Å². The second-order valence-electron chi connectivity index (χ2n) is 6.05. The van der Waals surface area contributed by atoms with Crippen molar-refractivity contribution in [2.75, 3.05) is 31.6 Å². The highest BCUT2D eigenvalue weighted by molar-refractivity contribution is 7.99. The third-order valence-corrected chi connectivity index (χ3v) is 5.25. The number of rotatable bonds is 2. The van der Waals surface area contributed by atoms with Crippen LogP contribution in [0.3, 0.4) is 0 Å². The number of aromatic nitrogens is 2. The Labute approximate surface area is 125 Å². The summed E-state index contributed by atoms with van der Waals surface area (Å²) in [6.45, 7) is 7.56. The van der Waals surface area contributed by atoms with Gasteiger partial charge in [-0.3, -0.25) is 4.90 Å². The van der Waals surface area contributed by atoms with Crippen LogP contribution in [0.15, 0.2) is 0 Å². The van der Waals surface area contributed by atoms with Gasteiger partial charge in [-0.05, 0) is 31.5 Å². The van der Waals surface area contributed by atoms with Crippen molar-refractivity contribution < 1.29 is 0 Å². The third-order valence-electron chi connectivity index (χ3n) is 4.23. The van der Waals surface area contributed by atoms with E-state index >= 15 is 0 Å². The Kier molecular flexibility index (Phi) is 4.29. The SMILES string of the molecule is CC(C)c1nc(C2CSCCN2C)nc2c1CCNC2. The molecule has 1 N–H and O–H groups in total. The molecular formula is C15H24N4S. The van der Waals surface area contributed by atoms with Crippen molar-refractivity contribution in [3.63, 3.8) is 0 Å². The van der Waals surface area contributed by atoms with Gasteiger partial charge in [-0.15, -0.1) is 0 Å². The molecule has 5 heteroatoms. The molecule has 1 aromatic rings. The van der Waals surface area contributed by atoms with Gasteiger partial charge < -0.3 is 5.32 Å². The van der Waals surface area contributed by atoms with Gasteiger partial charge in [-0.1, -0.05) is 13.8 Å². The van der Waals surface area contributed by atoms with Crippen molar-refractivity contribution in [1.82, 2.24) is 20.2 Å². The van der Waals surface area contributed by atoms with E-state index in [0.29, 0.717) is 12.0 Å². The minimum atomic E-state index is 0.374. The van der Waals surface area contributed by atoms with Gasteiger partial charge in [0.25, 0.3) is 0 Å². The van der Waals surface area contributed by atoms with Crippen LogP contribution in [0.4, 0.5) is 0 Å². The molecule has 1 atom stereocenters. The molecular weight excluding hydrogens is 268 g/mol. The monoisotopic (exact) mass is 292 g/mol. The fourth-order valence-corrected chi connectivity index (χ4v) is 4.20. The molecule has 110 valence electrons. The molecule has 1 aromatic heterocycles. The normalized spacial score (nSPS) is 23.9. The zero-order chi connectivity index (χ0) is 14.1. The smallest absolute Gasteiger partial charge is 0.146 e. The van der Waals surface area contributed by atoms with E-state index in [9.17, 15) is 0 Å². The van der Waals surface area contributed by atoms with Gasteiger partial charge in [0.05, 0.1) is 17.4 Å². The summed E-state index contributed by atoms with van der Waals surface area (Å²) in [4.78, 5) is 12.3. The molecule has 1 fully saturated rings.